The van der Waals surface area contributed by atoms with E-state index in [1.165, 1.54) is 60.1 Å². The number of fused-ring (bicyclic) bond motifs is 6. The van der Waals surface area contributed by atoms with Crippen LogP contribution >= 0.6 is 15.9 Å². The van der Waals surface area contributed by atoms with E-state index in [4.69, 9.17) is 0 Å². The van der Waals surface area contributed by atoms with Crippen LogP contribution in [0.5, 0.6) is 0 Å². The molecule has 0 atom stereocenters. The molecule has 4 aromatic carbocycles. The minimum absolute atomic E-state index is 0.0774. The van der Waals surface area contributed by atoms with Gasteiger partial charge in [-0.25, -0.2) is 0 Å². The lowest BCUT2D eigenvalue weighted by molar-refractivity contribution is 0.490. The van der Waals surface area contributed by atoms with Gasteiger partial charge in [0.05, 0.1) is 0 Å². The van der Waals surface area contributed by atoms with Gasteiger partial charge in [-0.15, -0.1) is 0 Å². The third-order valence-corrected chi connectivity index (χ3v) is 9.83. The third kappa shape index (κ3) is 2.97. The van der Waals surface area contributed by atoms with Gasteiger partial charge in [-0.3, -0.25) is 0 Å². The number of halogens is 1. The van der Waals surface area contributed by atoms with Gasteiger partial charge in [-0.2, -0.15) is 0 Å². The van der Waals surface area contributed by atoms with Gasteiger partial charge in [0.25, 0.3) is 0 Å². The van der Waals surface area contributed by atoms with Crippen LogP contribution in [0.2, 0.25) is 0 Å². The number of benzene rings is 4. The van der Waals surface area contributed by atoms with Crippen molar-refractivity contribution >= 4 is 15.9 Å². The molecule has 176 valence electrons. The molecule has 2 aliphatic carbocycles. The average Bonchev–Trinajstić information content (AvgIpc) is 3.34. The first-order valence-corrected chi connectivity index (χ1v) is 14.0. The van der Waals surface area contributed by atoms with E-state index >= 15 is 0 Å². The molecular weight excluding hydrogens is 488 g/mol. The van der Waals surface area contributed by atoms with Gasteiger partial charge < -0.3 is 0 Å². The smallest absolute Gasteiger partial charge is 0.0210 e. The quantitative estimate of drug-likeness (QED) is 0.245. The van der Waals surface area contributed by atoms with Crippen molar-refractivity contribution in [1.82, 2.24) is 0 Å². The van der Waals surface area contributed by atoms with Crippen molar-refractivity contribution in [3.63, 3.8) is 0 Å². The average molecular weight is 522 g/mol. The minimum atomic E-state index is 0.0774. The lowest BCUT2D eigenvalue weighted by Gasteiger charge is -2.30. The van der Waals surface area contributed by atoms with Crippen LogP contribution in [-0.2, 0) is 10.8 Å². The van der Waals surface area contributed by atoms with Crippen molar-refractivity contribution in [1.29, 1.82) is 0 Å². The van der Waals surface area contributed by atoms with Crippen molar-refractivity contribution in [3.05, 3.63) is 106 Å². The SMILES string of the molecule is CCC1(CC)c2ccccc2-c2ccc(-c3ccc4c(c3)C(CC)(CC)c3cc(Br)ccc3-4)cc21. The molecule has 0 N–H and O–H groups in total. The standard InChI is InChI=1S/C34H33Br/c1-5-33(6-2)29-12-10-9-11-25(29)26-16-13-22(19-30(26)33)23-14-17-27-28-18-15-24(35)21-32(28)34(7-3,8-4)31(27)20-23/h9-21H,5-8H2,1-4H3. The monoisotopic (exact) mass is 520 g/mol. The zero-order valence-electron chi connectivity index (χ0n) is 21.2. The molecule has 0 amide bonds. The normalized spacial score (nSPS) is 15.9. The first-order chi connectivity index (χ1) is 17.0. The van der Waals surface area contributed by atoms with E-state index in [0.717, 1.165) is 25.7 Å². The molecule has 0 unspecified atom stereocenters. The van der Waals surface area contributed by atoms with Crippen LogP contribution < -0.4 is 0 Å². The number of hydrogen-bond donors (Lipinski definition) is 0. The Morgan fingerprint density at radius 2 is 0.914 bits per heavy atom. The van der Waals surface area contributed by atoms with Gasteiger partial charge in [0, 0.05) is 15.3 Å². The van der Waals surface area contributed by atoms with Crippen LogP contribution in [0.4, 0.5) is 0 Å². The van der Waals surface area contributed by atoms with Crippen molar-refractivity contribution in [2.45, 2.75) is 64.2 Å². The molecule has 0 aliphatic heterocycles. The molecule has 0 fully saturated rings. The fourth-order valence-corrected chi connectivity index (χ4v) is 7.67. The Bertz CT molecular complexity index is 1450. The van der Waals surface area contributed by atoms with E-state index in [0.29, 0.717) is 0 Å². The largest absolute Gasteiger partial charge is 0.0642 e. The summed E-state index contributed by atoms with van der Waals surface area (Å²) < 4.78 is 1.17. The summed E-state index contributed by atoms with van der Waals surface area (Å²) in [5, 5.41) is 0. The highest BCUT2D eigenvalue weighted by molar-refractivity contribution is 9.10. The Hall–Kier alpha value is -2.64. The Labute approximate surface area is 218 Å². The van der Waals surface area contributed by atoms with Gasteiger partial charge in [0.2, 0.25) is 0 Å². The van der Waals surface area contributed by atoms with E-state index in [1.54, 1.807) is 0 Å². The molecule has 0 radical (unpaired) electrons. The van der Waals surface area contributed by atoms with Crippen molar-refractivity contribution in [2.75, 3.05) is 0 Å². The second-order valence-electron chi connectivity index (χ2n) is 10.3. The fourth-order valence-electron chi connectivity index (χ4n) is 7.31. The number of hydrogen-bond acceptors (Lipinski definition) is 0. The Balaban J connectivity index is 1.53. The predicted octanol–water partition coefficient (Wildman–Crippen LogP) is 10.3. The molecule has 2 aliphatic rings. The molecule has 0 saturated heterocycles. The Morgan fingerprint density at radius 1 is 0.486 bits per heavy atom. The van der Waals surface area contributed by atoms with Crippen molar-refractivity contribution < 1.29 is 0 Å². The van der Waals surface area contributed by atoms with E-state index in [1.807, 2.05) is 0 Å². The molecule has 4 aromatic rings. The fraction of sp³-hybridized carbons (Fsp3) is 0.294. The van der Waals surface area contributed by atoms with Crippen LogP contribution in [0.15, 0.2) is 83.3 Å². The molecule has 0 bridgehead atoms. The Kier molecular flexibility index (Phi) is 5.34. The molecule has 0 saturated carbocycles. The van der Waals surface area contributed by atoms with Crippen LogP contribution in [0, 0.1) is 0 Å². The number of rotatable bonds is 5. The molecule has 6 rings (SSSR count). The maximum absolute atomic E-state index is 3.74. The summed E-state index contributed by atoms with van der Waals surface area (Å²) in [6.07, 6.45) is 4.47. The highest BCUT2D eigenvalue weighted by Crippen LogP contribution is 2.55. The van der Waals surface area contributed by atoms with Crippen LogP contribution in [0.3, 0.4) is 0 Å². The highest BCUT2D eigenvalue weighted by Gasteiger charge is 2.42. The Morgan fingerprint density at radius 3 is 1.46 bits per heavy atom. The zero-order valence-corrected chi connectivity index (χ0v) is 22.8. The lowest BCUT2D eigenvalue weighted by Crippen LogP contribution is -2.23. The zero-order chi connectivity index (χ0) is 24.4. The van der Waals surface area contributed by atoms with E-state index in [-0.39, 0.29) is 10.8 Å². The molecule has 0 aromatic heterocycles. The molecule has 0 spiro atoms. The molecule has 0 nitrogen and oxygen atoms in total. The van der Waals surface area contributed by atoms with Crippen LogP contribution in [0.1, 0.15) is 75.6 Å². The van der Waals surface area contributed by atoms with Crippen molar-refractivity contribution in [3.8, 4) is 33.4 Å². The summed E-state index contributed by atoms with van der Waals surface area (Å²) in [4.78, 5) is 0. The third-order valence-electron chi connectivity index (χ3n) is 9.34. The molecule has 1 heteroatoms. The van der Waals surface area contributed by atoms with Gasteiger partial charge >= 0.3 is 0 Å². The first-order valence-electron chi connectivity index (χ1n) is 13.2. The maximum Gasteiger partial charge on any atom is 0.0210 e. The lowest BCUT2D eigenvalue weighted by atomic mass is 9.72. The second kappa shape index (κ2) is 8.20. The topological polar surface area (TPSA) is 0 Å². The van der Waals surface area contributed by atoms with Gasteiger partial charge in [0.1, 0.15) is 0 Å². The summed E-state index contributed by atoms with van der Waals surface area (Å²) >= 11 is 3.74. The van der Waals surface area contributed by atoms with E-state index in [2.05, 4.69) is 122 Å². The van der Waals surface area contributed by atoms with Gasteiger partial charge in [-0.05, 0) is 106 Å². The minimum Gasteiger partial charge on any atom is -0.0642 e. The maximum atomic E-state index is 3.74. The van der Waals surface area contributed by atoms with Crippen LogP contribution in [-0.4, -0.2) is 0 Å². The van der Waals surface area contributed by atoms with Gasteiger partial charge in [-0.1, -0.05) is 98.2 Å². The molecule has 0 heterocycles. The summed E-state index contributed by atoms with van der Waals surface area (Å²) in [5.41, 5.74) is 14.5. The first kappa shape index (κ1) is 22.8. The van der Waals surface area contributed by atoms with E-state index < -0.39 is 0 Å². The summed E-state index contributed by atoms with van der Waals surface area (Å²) in [6.45, 7) is 9.40. The summed E-state index contributed by atoms with van der Waals surface area (Å²) in [6, 6.07) is 30.3. The molecule has 35 heavy (non-hydrogen) atoms. The molecular formula is C34H33Br. The predicted molar refractivity (Wildman–Crippen MR) is 153 cm³/mol. The van der Waals surface area contributed by atoms with Crippen LogP contribution in [0.25, 0.3) is 33.4 Å². The van der Waals surface area contributed by atoms with Gasteiger partial charge in [0.15, 0.2) is 0 Å². The highest BCUT2D eigenvalue weighted by atomic mass is 79.9. The van der Waals surface area contributed by atoms with E-state index in [9.17, 15) is 0 Å². The second-order valence-corrected chi connectivity index (χ2v) is 11.3. The van der Waals surface area contributed by atoms with Crippen molar-refractivity contribution in [2.24, 2.45) is 0 Å². The summed E-state index contributed by atoms with van der Waals surface area (Å²) in [7, 11) is 0. The summed E-state index contributed by atoms with van der Waals surface area (Å²) in [5.74, 6) is 0.